The fraction of sp³-hybridized carbons (Fsp3) is 0.333. The Bertz CT molecular complexity index is 985. The highest BCUT2D eigenvalue weighted by Gasteiger charge is 2.10. The van der Waals surface area contributed by atoms with Gasteiger partial charge in [0.1, 0.15) is 29.6 Å². The first-order chi connectivity index (χ1) is 15.2. The normalized spacial score (nSPS) is 12.0. The van der Waals surface area contributed by atoms with E-state index in [1.807, 2.05) is 0 Å². The molecule has 0 aliphatic carbocycles. The van der Waals surface area contributed by atoms with Crippen molar-refractivity contribution in [2.75, 3.05) is 6.61 Å². The molecule has 0 atom stereocenters. The van der Waals surface area contributed by atoms with Gasteiger partial charge < -0.3 is 20.1 Å². The Labute approximate surface area is 196 Å². The molecule has 5 heteroatoms. The lowest BCUT2D eigenvalue weighted by Crippen LogP contribution is -1.96. The van der Waals surface area contributed by atoms with Crippen LogP contribution in [0.15, 0.2) is 81.1 Å². The maximum absolute atomic E-state index is 10.1. The number of phenols is 3. The van der Waals surface area contributed by atoms with Crippen LogP contribution in [0, 0.1) is 0 Å². The monoisotopic (exact) mass is 454 g/mol. The third kappa shape index (κ3) is 9.15. The van der Waals surface area contributed by atoms with Crippen molar-refractivity contribution in [2.24, 2.45) is 0 Å². The van der Waals surface area contributed by atoms with Gasteiger partial charge in [0.25, 0.3) is 0 Å². The third-order valence-corrected chi connectivity index (χ3v) is 6.01. The summed E-state index contributed by atoms with van der Waals surface area (Å²) >= 11 is 1.31. The zero-order valence-corrected chi connectivity index (χ0v) is 20.2. The molecule has 0 aliphatic rings. The van der Waals surface area contributed by atoms with Crippen LogP contribution in [0.4, 0.5) is 0 Å². The number of phenolic OH excluding ortho intramolecular Hbond substituents is 3. The van der Waals surface area contributed by atoms with Gasteiger partial charge in [0.2, 0.25) is 0 Å². The quantitative estimate of drug-likeness (QED) is 0.239. The predicted molar refractivity (Wildman–Crippen MR) is 133 cm³/mol. The van der Waals surface area contributed by atoms with E-state index in [1.165, 1.54) is 40.6 Å². The maximum Gasteiger partial charge on any atom is 0.137 e. The molecule has 172 valence electrons. The Morgan fingerprint density at radius 2 is 1.38 bits per heavy atom. The number of hydrogen-bond donors (Lipinski definition) is 3. The molecule has 0 spiro atoms. The van der Waals surface area contributed by atoms with Gasteiger partial charge in [0.05, 0.1) is 9.79 Å². The lowest BCUT2D eigenvalue weighted by Gasteiger charge is -2.12. The standard InChI is InChI=1S/C27H34O4S/c1-19(2)7-5-6-8-20(3)9-10-21(4)15-16-31-25-18-23(29)12-14-27(25)32-26-13-11-22(28)17-24(26)30/h7-8,11-15,17-18,28-30H,5-6,9-10,16H2,1-4H3/b20-8+,21-15+. The van der Waals surface area contributed by atoms with Crippen molar-refractivity contribution in [3.63, 3.8) is 0 Å². The SMILES string of the molecule is CC(C)=CCC/C=C(\C)CC/C(C)=C/COc1cc(O)ccc1Sc1ccc(O)cc1O. The molecule has 2 rings (SSSR count). The van der Waals surface area contributed by atoms with E-state index in [-0.39, 0.29) is 17.2 Å². The van der Waals surface area contributed by atoms with Crippen LogP contribution < -0.4 is 4.74 Å². The molecular formula is C27H34O4S. The number of rotatable bonds is 11. The minimum absolute atomic E-state index is 0.00552. The van der Waals surface area contributed by atoms with Gasteiger partial charge >= 0.3 is 0 Å². The number of allylic oxidation sites excluding steroid dienone is 5. The second kappa shape index (κ2) is 12.9. The highest BCUT2D eigenvalue weighted by Crippen LogP contribution is 2.41. The Morgan fingerprint density at radius 3 is 2.03 bits per heavy atom. The maximum atomic E-state index is 10.1. The molecule has 0 bridgehead atoms. The summed E-state index contributed by atoms with van der Waals surface area (Å²) in [5.74, 6) is 0.664. The summed E-state index contributed by atoms with van der Waals surface area (Å²) in [4.78, 5) is 1.36. The van der Waals surface area contributed by atoms with Crippen LogP contribution in [-0.4, -0.2) is 21.9 Å². The highest BCUT2D eigenvalue weighted by molar-refractivity contribution is 7.99. The molecule has 0 saturated carbocycles. The molecule has 4 nitrogen and oxygen atoms in total. The van der Waals surface area contributed by atoms with Crippen molar-refractivity contribution in [1.29, 1.82) is 0 Å². The van der Waals surface area contributed by atoms with Gasteiger partial charge in [-0.25, -0.2) is 0 Å². The van der Waals surface area contributed by atoms with E-state index < -0.39 is 0 Å². The van der Waals surface area contributed by atoms with Crippen LogP contribution in [0.2, 0.25) is 0 Å². The Kier molecular flexibility index (Phi) is 10.3. The fourth-order valence-corrected chi connectivity index (χ4v) is 3.87. The Morgan fingerprint density at radius 1 is 0.781 bits per heavy atom. The van der Waals surface area contributed by atoms with E-state index >= 15 is 0 Å². The molecule has 3 N–H and O–H groups in total. The topological polar surface area (TPSA) is 69.9 Å². The van der Waals surface area contributed by atoms with Crippen molar-refractivity contribution in [1.82, 2.24) is 0 Å². The van der Waals surface area contributed by atoms with Gasteiger partial charge in [-0.1, -0.05) is 40.6 Å². The number of unbranched alkanes of at least 4 members (excludes halogenated alkanes) is 1. The van der Waals surface area contributed by atoms with Crippen LogP contribution in [0.3, 0.4) is 0 Å². The Hall–Kier alpha value is -2.79. The minimum Gasteiger partial charge on any atom is -0.508 e. The van der Waals surface area contributed by atoms with Gasteiger partial charge in [0, 0.05) is 12.1 Å². The number of aromatic hydroxyl groups is 3. The van der Waals surface area contributed by atoms with Crippen molar-refractivity contribution >= 4 is 11.8 Å². The summed E-state index contributed by atoms with van der Waals surface area (Å²) in [5.41, 5.74) is 4.02. The van der Waals surface area contributed by atoms with E-state index in [4.69, 9.17) is 4.74 Å². The summed E-state index contributed by atoms with van der Waals surface area (Å²) in [6, 6.07) is 9.37. The molecule has 0 radical (unpaired) electrons. The summed E-state index contributed by atoms with van der Waals surface area (Å²) in [6.07, 6.45) is 10.8. The zero-order valence-electron chi connectivity index (χ0n) is 19.4. The molecule has 2 aromatic rings. The molecule has 0 saturated heterocycles. The number of ether oxygens (including phenoxy) is 1. The summed E-state index contributed by atoms with van der Waals surface area (Å²) in [6.45, 7) is 8.94. The van der Waals surface area contributed by atoms with Crippen molar-refractivity contribution in [3.05, 3.63) is 71.3 Å². The Balaban J connectivity index is 1.92. The molecule has 0 unspecified atom stereocenters. The highest BCUT2D eigenvalue weighted by atomic mass is 32.2. The lowest BCUT2D eigenvalue weighted by atomic mass is 10.1. The van der Waals surface area contributed by atoms with Crippen molar-refractivity contribution in [2.45, 2.75) is 63.2 Å². The van der Waals surface area contributed by atoms with Gasteiger partial charge in [-0.05, 0) is 83.7 Å². The van der Waals surface area contributed by atoms with Gasteiger partial charge in [-0.3, -0.25) is 0 Å². The van der Waals surface area contributed by atoms with Gasteiger partial charge in [-0.2, -0.15) is 0 Å². The van der Waals surface area contributed by atoms with Gasteiger partial charge in [0.15, 0.2) is 0 Å². The van der Waals surface area contributed by atoms with E-state index in [0.29, 0.717) is 17.3 Å². The molecular weight excluding hydrogens is 420 g/mol. The molecule has 2 aromatic carbocycles. The smallest absolute Gasteiger partial charge is 0.137 e. The van der Waals surface area contributed by atoms with Crippen LogP contribution in [0.5, 0.6) is 23.0 Å². The van der Waals surface area contributed by atoms with Crippen molar-refractivity contribution < 1.29 is 20.1 Å². The van der Waals surface area contributed by atoms with E-state index in [2.05, 4.69) is 45.9 Å². The third-order valence-electron chi connectivity index (χ3n) is 4.89. The second-order valence-electron chi connectivity index (χ2n) is 8.16. The van der Waals surface area contributed by atoms with E-state index in [0.717, 1.165) is 30.6 Å². The molecule has 0 aliphatic heterocycles. The number of hydrogen-bond acceptors (Lipinski definition) is 5. The second-order valence-corrected chi connectivity index (χ2v) is 9.24. The minimum atomic E-state index is -0.00552. The summed E-state index contributed by atoms with van der Waals surface area (Å²) < 4.78 is 5.92. The van der Waals surface area contributed by atoms with Crippen LogP contribution in [0.1, 0.15) is 53.4 Å². The van der Waals surface area contributed by atoms with Crippen LogP contribution in [-0.2, 0) is 0 Å². The fourth-order valence-electron chi connectivity index (χ4n) is 2.98. The zero-order chi connectivity index (χ0) is 23.5. The average molecular weight is 455 g/mol. The molecule has 32 heavy (non-hydrogen) atoms. The summed E-state index contributed by atoms with van der Waals surface area (Å²) in [5, 5.41) is 29.4. The largest absolute Gasteiger partial charge is 0.508 e. The van der Waals surface area contributed by atoms with E-state index in [1.54, 1.807) is 24.3 Å². The first-order valence-corrected chi connectivity index (χ1v) is 11.7. The lowest BCUT2D eigenvalue weighted by molar-refractivity contribution is 0.349. The van der Waals surface area contributed by atoms with Gasteiger partial charge in [-0.15, -0.1) is 0 Å². The van der Waals surface area contributed by atoms with Crippen LogP contribution >= 0.6 is 11.8 Å². The number of benzene rings is 2. The van der Waals surface area contributed by atoms with Crippen LogP contribution in [0.25, 0.3) is 0 Å². The first kappa shape index (κ1) is 25.5. The molecule has 0 fully saturated rings. The molecule has 0 amide bonds. The van der Waals surface area contributed by atoms with Crippen molar-refractivity contribution in [3.8, 4) is 23.0 Å². The first-order valence-electron chi connectivity index (χ1n) is 10.8. The predicted octanol–water partition coefficient (Wildman–Crippen LogP) is 7.75. The molecule has 0 heterocycles. The van der Waals surface area contributed by atoms with E-state index in [9.17, 15) is 15.3 Å². The summed E-state index contributed by atoms with van der Waals surface area (Å²) in [7, 11) is 0. The average Bonchev–Trinajstić information content (AvgIpc) is 2.73. The molecule has 0 aromatic heterocycles.